The molecule has 0 aliphatic carbocycles. The maximum Gasteiger partial charge on any atom is 0.271 e. The number of nitro groups is 1. The van der Waals surface area contributed by atoms with E-state index in [0.29, 0.717) is 11.3 Å². The van der Waals surface area contributed by atoms with E-state index < -0.39 is 10.5 Å². The minimum atomic E-state index is -1.19. The highest BCUT2D eigenvalue weighted by Gasteiger charge is 2.24. The monoisotopic (exact) mass is 307 g/mol. The molecule has 0 saturated carbocycles. The second-order valence-corrected chi connectivity index (χ2v) is 5.21. The third-order valence-corrected chi connectivity index (χ3v) is 3.33. The summed E-state index contributed by atoms with van der Waals surface area (Å²) in [4.78, 5) is 10.1. The maximum atomic E-state index is 10.6. The summed E-state index contributed by atoms with van der Waals surface area (Å²) in [5.41, 5.74) is -0.586. The molecule has 0 aromatic heterocycles. The SMILES string of the molecule is CC(O)(COc1ccc([N+](=O)[O-])cc1Cl)c1ccccc1. The van der Waals surface area contributed by atoms with Crippen LogP contribution in [0.25, 0.3) is 0 Å². The molecule has 0 amide bonds. The lowest BCUT2D eigenvalue weighted by molar-refractivity contribution is -0.384. The molecule has 6 heteroatoms. The largest absolute Gasteiger partial charge is 0.489 e. The number of non-ortho nitro benzene ring substituents is 1. The second kappa shape index (κ2) is 6.11. The average Bonchev–Trinajstić information content (AvgIpc) is 2.46. The summed E-state index contributed by atoms with van der Waals surface area (Å²) in [5, 5.41) is 21.2. The lowest BCUT2D eigenvalue weighted by Gasteiger charge is -2.24. The molecule has 2 aromatic rings. The zero-order chi connectivity index (χ0) is 15.5. The molecule has 0 aliphatic rings. The van der Waals surface area contributed by atoms with Crippen molar-refractivity contribution in [2.24, 2.45) is 0 Å². The van der Waals surface area contributed by atoms with Gasteiger partial charge in [-0.25, -0.2) is 0 Å². The van der Waals surface area contributed by atoms with Crippen molar-refractivity contribution in [1.29, 1.82) is 0 Å². The van der Waals surface area contributed by atoms with Gasteiger partial charge in [0.05, 0.1) is 9.95 Å². The fourth-order valence-electron chi connectivity index (χ4n) is 1.82. The van der Waals surface area contributed by atoms with Crippen LogP contribution in [0.5, 0.6) is 5.75 Å². The van der Waals surface area contributed by atoms with E-state index in [9.17, 15) is 15.2 Å². The van der Waals surface area contributed by atoms with Crippen LogP contribution in [-0.2, 0) is 5.60 Å². The number of benzene rings is 2. The van der Waals surface area contributed by atoms with Crippen LogP contribution in [0.3, 0.4) is 0 Å². The number of hydrogen-bond donors (Lipinski definition) is 1. The van der Waals surface area contributed by atoms with E-state index in [2.05, 4.69) is 0 Å². The summed E-state index contributed by atoms with van der Waals surface area (Å²) in [6.07, 6.45) is 0. The number of hydrogen-bond acceptors (Lipinski definition) is 4. The van der Waals surface area contributed by atoms with E-state index in [1.165, 1.54) is 18.2 Å². The molecule has 2 rings (SSSR count). The number of aliphatic hydroxyl groups is 1. The number of rotatable bonds is 5. The molecule has 0 spiro atoms. The van der Waals surface area contributed by atoms with Crippen LogP contribution in [0, 0.1) is 10.1 Å². The lowest BCUT2D eigenvalue weighted by atomic mass is 9.97. The molecular formula is C15H14ClNO4. The summed E-state index contributed by atoms with van der Waals surface area (Å²) in [7, 11) is 0. The van der Waals surface area contributed by atoms with Crippen molar-refractivity contribution in [3.63, 3.8) is 0 Å². The molecule has 0 radical (unpaired) electrons. The molecule has 5 nitrogen and oxygen atoms in total. The Morgan fingerprint density at radius 2 is 1.95 bits per heavy atom. The van der Waals surface area contributed by atoms with E-state index in [4.69, 9.17) is 16.3 Å². The van der Waals surface area contributed by atoms with Gasteiger partial charge in [-0.05, 0) is 18.6 Å². The van der Waals surface area contributed by atoms with E-state index in [1.807, 2.05) is 18.2 Å². The van der Waals surface area contributed by atoms with Crippen molar-refractivity contribution in [3.05, 3.63) is 69.2 Å². The average molecular weight is 308 g/mol. The topological polar surface area (TPSA) is 72.6 Å². The van der Waals surface area contributed by atoms with Crippen LogP contribution < -0.4 is 4.74 Å². The molecule has 0 fully saturated rings. The molecule has 1 unspecified atom stereocenters. The normalized spacial score (nSPS) is 13.5. The van der Waals surface area contributed by atoms with E-state index in [-0.39, 0.29) is 17.3 Å². The molecule has 2 aromatic carbocycles. The van der Waals surface area contributed by atoms with Gasteiger partial charge < -0.3 is 9.84 Å². The first-order chi connectivity index (χ1) is 9.90. The standard InChI is InChI=1S/C15H14ClNO4/c1-15(18,11-5-3-2-4-6-11)10-21-14-8-7-12(17(19)20)9-13(14)16/h2-9,18H,10H2,1H3. The van der Waals surface area contributed by atoms with Gasteiger partial charge in [0.25, 0.3) is 5.69 Å². The highest BCUT2D eigenvalue weighted by atomic mass is 35.5. The Morgan fingerprint density at radius 1 is 1.29 bits per heavy atom. The van der Waals surface area contributed by atoms with Gasteiger partial charge in [-0.2, -0.15) is 0 Å². The van der Waals surface area contributed by atoms with Crippen molar-refractivity contribution >= 4 is 17.3 Å². The first kappa shape index (κ1) is 15.3. The van der Waals surface area contributed by atoms with Crippen molar-refractivity contribution in [2.45, 2.75) is 12.5 Å². The molecule has 0 aliphatic heterocycles. The lowest BCUT2D eigenvalue weighted by Crippen LogP contribution is -2.29. The van der Waals surface area contributed by atoms with Crippen LogP contribution in [0.1, 0.15) is 12.5 Å². The van der Waals surface area contributed by atoms with Gasteiger partial charge in [-0.15, -0.1) is 0 Å². The first-order valence-corrected chi connectivity index (χ1v) is 6.62. The Kier molecular flexibility index (Phi) is 4.45. The Balaban J connectivity index is 2.11. The molecule has 21 heavy (non-hydrogen) atoms. The Morgan fingerprint density at radius 3 is 2.52 bits per heavy atom. The zero-order valence-electron chi connectivity index (χ0n) is 11.3. The van der Waals surface area contributed by atoms with Crippen molar-refractivity contribution < 1.29 is 14.8 Å². The van der Waals surface area contributed by atoms with Gasteiger partial charge >= 0.3 is 0 Å². The van der Waals surface area contributed by atoms with E-state index in [0.717, 1.165) is 0 Å². The predicted octanol–water partition coefficient (Wildman–Crippen LogP) is 3.53. The van der Waals surface area contributed by atoms with Crippen LogP contribution in [-0.4, -0.2) is 16.6 Å². The second-order valence-electron chi connectivity index (χ2n) is 4.80. The highest BCUT2D eigenvalue weighted by molar-refractivity contribution is 6.32. The minimum absolute atomic E-state index is 0.0193. The predicted molar refractivity (Wildman–Crippen MR) is 79.6 cm³/mol. The van der Waals surface area contributed by atoms with Crippen molar-refractivity contribution in [3.8, 4) is 5.75 Å². The fourth-order valence-corrected chi connectivity index (χ4v) is 2.05. The summed E-state index contributed by atoms with van der Waals surface area (Å²) in [5.74, 6) is 0.290. The minimum Gasteiger partial charge on any atom is -0.489 e. The molecule has 0 saturated heterocycles. The van der Waals surface area contributed by atoms with Gasteiger partial charge in [0, 0.05) is 12.1 Å². The zero-order valence-corrected chi connectivity index (χ0v) is 12.1. The molecule has 0 heterocycles. The van der Waals surface area contributed by atoms with E-state index in [1.54, 1.807) is 19.1 Å². The molecular weight excluding hydrogens is 294 g/mol. The Hall–Kier alpha value is -2.11. The smallest absolute Gasteiger partial charge is 0.271 e. The number of nitro benzene ring substituents is 1. The summed E-state index contributed by atoms with van der Waals surface area (Å²) < 4.78 is 5.49. The highest BCUT2D eigenvalue weighted by Crippen LogP contribution is 2.30. The van der Waals surface area contributed by atoms with Gasteiger partial charge in [0.15, 0.2) is 0 Å². The van der Waals surface area contributed by atoms with Crippen LogP contribution >= 0.6 is 11.6 Å². The first-order valence-electron chi connectivity index (χ1n) is 6.25. The number of ether oxygens (including phenoxy) is 1. The summed E-state index contributed by atoms with van der Waals surface area (Å²) >= 11 is 5.94. The Labute approximate surface area is 126 Å². The van der Waals surface area contributed by atoms with Crippen molar-refractivity contribution in [1.82, 2.24) is 0 Å². The van der Waals surface area contributed by atoms with Gasteiger partial charge in [0.2, 0.25) is 0 Å². The maximum absolute atomic E-state index is 10.6. The molecule has 1 atom stereocenters. The van der Waals surface area contributed by atoms with Gasteiger partial charge in [-0.1, -0.05) is 41.9 Å². The van der Waals surface area contributed by atoms with Crippen LogP contribution in [0.4, 0.5) is 5.69 Å². The summed E-state index contributed by atoms with van der Waals surface area (Å²) in [6.45, 7) is 1.61. The van der Waals surface area contributed by atoms with E-state index >= 15 is 0 Å². The number of nitrogens with zero attached hydrogens (tertiary/aromatic N) is 1. The molecule has 110 valence electrons. The summed E-state index contributed by atoms with van der Waals surface area (Å²) in [6, 6.07) is 13.0. The van der Waals surface area contributed by atoms with Gasteiger partial charge in [0.1, 0.15) is 18.0 Å². The molecule has 0 bridgehead atoms. The Bertz CT molecular complexity index is 643. The van der Waals surface area contributed by atoms with Crippen LogP contribution in [0.2, 0.25) is 5.02 Å². The fraction of sp³-hybridized carbons (Fsp3) is 0.200. The quantitative estimate of drug-likeness (QED) is 0.677. The van der Waals surface area contributed by atoms with Crippen LogP contribution in [0.15, 0.2) is 48.5 Å². The van der Waals surface area contributed by atoms with Gasteiger partial charge in [-0.3, -0.25) is 10.1 Å². The third-order valence-electron chi connectivity index (χ3n) is 3.03. The van der Waals surface area contributed by atoms with Crippen molar-refractivity contribution in [2.75, 3.05) is 6.61 Å². The third kappa shape index (κ3) is 3.71. The number of halogens is 1. The molecule has 1 N–H and O–H groups in total.